The van der Waals surface area contributed by atoms with Gasteiger partial charge in [-0.15, -0.1) is 0 Å². The second-order valence-corrected chi connectivity index (χ2v) is 5.96. The Morgan fingerprint density at radius 1 is 1.12 bits per heavy atom. The van der Waals surface area contributed by atoms with E-state index in [9.17, 15) is 9.59 Å². The highest BCUT2D eigenvalue weighted by molar-refractivity contribution is 7.80. The van der Waals surface area contributed by atoms with Crippen LogP contribution in [-0.4, -0.2) is 23.5 Å². The number of thiocarbonyl (C=S) groups is 1. The SMILES string of the molecule is CCCCOc1ccccc1C(=O)NC(=S)Nc1ccc(C(N)=O)cc1. The van der Waals surface area contributed by atoms with Gasteiger partial charge in [-0.05, 0) is 55.0 Å². The fourth-order valence-corrected chi connectivity index (χ4v) is 2.37. The molecule has 0 bridgehead atoms. The fraction of sp³-hybridized carbons (Fsp3) is 0.211. The predicted molar refractivity (Wildman–Crippen MR) is 105 cm³/mol. The van der Waals surface area contributed by atoms with Gasteiger partial charge in [0.15, 0.2) is 5.11 Å². The fourth-order valence-electron chi connectivity index (χ4n) is 2.16. The van der Waals surface area contributed by atoms with Crippen LogP contribution < -0.4 is 21.1 Å². The van der Waals surface area contributed by atoms with E-state index in [2.05, 4.69) is 17.6 Å². The molecule has 0 atom stereocenters. The maximum absolute atomic E-state index is 12.5. The van der Waals surface area contributed by atoms with Gasteiger partial charge < -0.3 is 15.8 Å². The summed E-state index contributed by atoms with van der Waals surface area (Å²) in [6, 6.07) is 13.5. The van der Waals surface area contributed by atoms with Crippen LogP contribution in [-0.2, 0) is 0 Å². The number of carbonyl (C=O) groups excluding carboxylic acids is 2. The summed E-state index contributed by atoms with van der Waals surface area (Å²) in [4.78, 5) is 23.5. The van der Waals surface area contributed by atoms with Crippen molar-refractivity contribution in [3.05, 3.63) is 59.7 Å². The van der Waals surface area contributed by atoms with Gasteiger partial charge in [0.25, 0.3) is 5.91 Å². The predicted octanol–water partition coefficient (Wildman–Crippen LogP) is 3.09. The lowest BCUT2D eigenvalue weighted by atomic mass is 10.2. The van der Waals surface area contributed by atoms with Crippen molar-refractivity contribution < 1.29 is 14.3 Å². The first-order valence-electron chi connectivity index (χ1n) is 8.25. The highest BCUT2D eigenvalue weighted by atomic mass is 32.1. The second kappa shape index (κ2) is 9.53. The smallest absolute Gasteiger partial charge is 0.261 e. The largest absolute Gasteiger partial charge is 0.493 e. The van der Waals surface area contributed by atoms with Crippen molar-refractivity contribution in [3.63, 3.8) is 0 Å². The lowest BCUT2D eigenvalue weighted by Gasteiger charge is -2.13. The van der Waals surface area contributed by atoms with Crippen LogP contribution in [0.1, 0.15) is 40.5 Å². The maximum atomic E-state index is 12.5. The Balaban J connectivity index is 1.98. The van der Waals surface area contributed by atoms with Crippen molar-refractivity contribution in [2.75, 3.05) is 11.9 Å². The minimum Gasteiger partial charge on any atom is -0.493 e. The van der Waals surface area contributed by atoms with Gasteiger partial charge in [-0.3, -0.25) is 14.9 Å². The molecule has 0 aliphatic carbocycles. The number of carbonyl (C=O) groups is 2. The molecule has 2 aromatic rings. The van der Waals surface area contributed by atoms with E-state index in [0.717, 1.165) is 12.8 Å². The van der Waals surface area contributed by atoms with Gasteiger partial charge in [-0.25, -0.2) is 0 Å². The third-order valence-corrected chi connectivity index (χ3v) is 3.75. The molecule has 0 unspecified atom stereocenters. The number of benzene rings is 2. The zero-order valence-corrected chi connectivity index (χ0v) is 15.3. The number of para-hydroxylation sites is 1. The molecule has 136 valence electrons. The third kappa shape index (κ3) is 5.56. The third-order valence-electron chi connectivity index (χ3n) is 3.54. The molecule has 0 fully saturated rings. The Kier molecular flexibility index (Phi) is 7.11. The summed E-state index contributed by atoms with van der Waals surface area (Å²) in [5.41, 5.74) is 6.64. The Hall–Kier alpha value is -2.93. The van der Waals surface area contributed by atoms with Crippen LogP contribution in [0, 0.1) is 0 Å². The molecule has 6 nitrogen and oxygen atoms in total. The monoisotopic (exact) mass is 371 g/mol. The molecule has 7 heteroatoms. The van der Waals surface area contributed by atoms with Gasteiger partial charge in [0.2, 0.25) is 5.91 Å². The number of primary amides is 1. The summed E-state index contributed by atoms with van der Waals surface area (Å²) in [7, 11) is 0. The first kappa shape index (κ1) is 19.4. The van der Waals surface area contributed by atoms with Crippen molar-refractivity contribution in [2.45, 2.75) is 19.8 Å². The molecule has 0 aliphatic heterocycles. The highest BCUT2D eigenvalue weighted by Crippen LogP contribution is 2.18. The molecule has 26 heavy (non-hydrogen) atoms. The van der Waals surface area contributed by atoms with Crippen LogP contribution in [0.15, 0.2) is 48.5 Å². The summed E-state index contributed by atoms with van der Waals surface area (Å²) in [6.07, 6.45) is 1.92. The molecule has 2 aromatic carbocycles. The Bertz CT molecular complexity index is 791. The molecule has 0 heterocycles. The normalized spacial score (nSPS) is 10.0. The van der Waals surface area contributed by atoms with Crippen LogP contribution in [0.25, 0.3) is 0 Å². The lowest BCUT2D eigenvalue weighted by molar-refractivity contribution is 0.0971. The van der Waals surface area contributed by atoms with E-state index in [-0.39, 0.29) is 11.0 Å². The number of nitrogens with two attached hydrogens (primary N) is 1. The number of rotatable bonds is 7. The van der Waals surface area contributed by atoms with Crippen molar-refractivity contribution in [3.8, 4) is 5.75 Å². The summed E-state index contributed by atoms with van der Waals surface area (Å²) in [6.45, 7) is 2.62. The standard InChI is InChI=1S/C19H21N3O3S/c1-2-3-12-25-16-7-5-4-6-15(16)18(24)22-19(26)21-14-10-8-13(9-11-14)17(20)23/h4-11H,2-3,12H2,1H3,(H2,20,23)(H2,21,22,24,26). The molecule has 0 aliphatic rings. The lowest BCUT2D eigenvalue weighted by Crippen LogP contribution is -2.34. The number of anilines is 1. The van der Waals surface area contributed by atoms with Crippen LogP contribution in [0.5, 0.6) is 5.75 Å². The summed E-state index contributed by atoms with van der Waals surface area (Å²) in [5.74, 6) is -0.345. The summed E-state index contributed by atoms with van der Waals surface area (Å²) >= 11 is 5.17. The molecule has 0 radical (unpaired) electrons. The number of amides is 2. The molecular weight excluding hydrogens is 350 g/mol. The van der Waals surface area contributed by atoms with E-state index in [0.29, 0.717) is 29.2 Å². The van der Waals surface area contributed by atoms with E-state index in [1.54, 1.807) is 42.5 Å². The van der Waals surface area contributed by atoms with E-state index in [1.165, 1.54) is 0 Å². The molecule has 2 amide bonds. The van der Waals surface area contributed by atoms with Crippen molar-refractivity contribution in [1.82, 2.24) is 5.32 Å². The minimum absolute atomic E-state index is 0.144. The summed E-state index contributed by atoms with van der Waals surface area (Å²) in [5, 5.41) is 5.65. The highest BCUT2D eigenvalue weighted by Gasteiger charge is 2.13. The van der Waals surface area contributed by atoms with E-state index >= 15 is 0 Å². The van der Waals surface area contributed by atoms with E-state index in [4.69, 9.17) is 22.7 Å². The van der Waals surface area contributed by atoms with Gasteiger partial charge >= 0.3 is 0 Å². The van der Waals surface area contributed by atoms with Gasteiger partial charge in [0.05, 0.1) is 12.2 Å². The molecule has 0 spiro atoms. The quantitative estimate of drug-likeness (QED) is 0.514. The average Bonchev–Trinajstić information content (AvgIpc) is 2.62. The minimum atomic E-state index is -0.507. The molecule has 0 saturated heterocycles. The molecule has 4 N–H and O–H groups in total. The zero-order chi connectivity index (χ0) is 18.9. The van der Waals surface area contributed by atoms with Gasteiger partial charge in [0, 0.05) is 11.3 Å². The number of ether oxygens (including phenoxy) is 1. The topological polar surface area (TPSA) is 93.4 Å². The van der Waals surface area contributed by atoms with Crippen molar-refractivity contribution in [1.29, 1.82) is 0 Å². The van der Waals surface area contributed by atoms with Crippen LogP contribution in [0.2, 0.25) is 0 Å². The van der Waals surface area contributed by atoms with Gasteiger partial charge in [0.1, 0.15) is 5.75 Å². The molecule has 2 rings (SSSR count). The number of unbranched alkanes of at least 4 members (excludes halogenated alkanes) is 1. The van der Waals surface area contributed by atoms with E-state index in [1.807, 2.05) is 6.07 Å². The maximum Gasteiger partial charge on any atom is 0.261 e. The zero-order valence-electron chi connectivity index (χ0n) is 14.5. The number of nitrogens with one attached hydrogen (secondary N) is 2. The van der Waals surface area contributed by atoms with Gasteiger partial charge in [-0.2, -0.15) is 0 Å². The van der Waals surface area contributed by atoms with Crippen LogP contribution in [0.4, 0.5) is 5.69 Å². The Morgan fingerprint density at radius 3 is 2.46 bits per heavy atom. The average molecular weight is 371 g/mol. The number of hydrogen-bond acceptors (Lipinski definition) is 4. The van der Waals surface area contributed by atoms with E-state index < -0.39 is 5.91 Å². The first-order chi connectivity index (χ1) is 12.5. The van der Waals surface area contributed by atoms with Crippen LogP contribution in [0.3, 0.4) is 0 Å². The van der Waals surface area contributed by atoms with Gasteiger partial charge in [-0.1, -0.05) is 25.5 Å². The second-order valence-electron chi connectivity index (χ2n) is 5.55. The Morgan fingerprint density at radius 2 is 1.81 bits per heavy atom. The Labute approximate surface area is 157 Å². The number of hydrogen-bond donors (Lipinski definition) is 3. The van der Waals surface area contributed by atoms with Crippen molar-refractivity contribution in [2.24, 2.45) is 5.73 Å². The molecule has 0 saturated carbocycles. The molecule has 0 aromatic heterocycles. The summed E-state index contributed by atoms with van der Waals surface area (Å²) < 4.78 is 5.67. The van der Waals surface area contributed by atoms with Crippen LogP contribution >= 0.6 is 12.2 Å². The molecular formula is C19H21N3O3S. The van der Waals surface area contributed by atoms with Crippen molar-refractivity contribution >= 4 is 34.8 Å². The first-order valence-corrected chi connectivity index (χ1v) is 8.66.